The Morgan fingerprint density at radius 1 is 1.40 bits per heavy atom. The molecule has 0 fully saturated rings. The predicted molar refractivity (Wildman–Crippen MR) is 79.5 cm³/mol. The number of hydrogen-bond acceptors (Lipinski definition) is 4. The van der Waals surface area contributed by atoms with Gasteiger partial charge in [-0.1, -0.05) is 31.2 Å². The number of benzene rings is 1. The fraction of sp³-hybridized carbons (Fsp3) is 0.562. The Bertz CT molecular complexity index is 475. The Labute approximate surface area is 121 Å². The van der Waals surface area contributed by atoms with E-state index < -0.39 is 5.54 Å². The number of rotatable bonds is 5. The SMILES string of the molecule is CCNC(C)(CN1CCc2ccccc2C1)C(=O)OC. The summed E-state index contributed by atoms with van der Waals surface area (Å²) >= 11 is 0. The molecule has 0 spiro atoms. The lowest BCUT2D eigenvalue weighted by molar-refractivity contribution is -0.148. The molecule has 0 bridgehead atoms. The van der Waals surface area contributed by atoms with E-state index >= 15 is 0 Å². The van der Waals surface area contributed by atoms with E-state index in [4.69, 9.17) is 4.74 Å². The zero-order chi connectivity index (χ0) is 14.6. The van der Waals surface area contributed by atoms with E-state index in [2.05, 4.69) is 34.5 Å². The van der Waals surface area contributed by atoms with Crippen molar-refractivity contribution in [2.45, 2.75) is 32.4 Å². The molecular weight excluding hydrogens is 252 g/mol. The van der Waals surface area contributed by atoms with Gasteiger partial charge >= 0.3 is 5.97 Å². The summed E-state index contributed by atoms with van der Waals surface area (Å²) in [4.78, 5) is 14.4. The summed E-state index contributed by atoms with van der Waals surface area (Å²) in [6.45, 7) is 7.22. The van der Waals surface area contributed by atoms with Crippen molar-refractivity contribution in [3.63, 3.8) is 0 Å². The van der Waals surface area contributed by atoms with Gasteiger partial charge in [0, 0.05) is 19.6 Å². The molecule has 1 aromatic rings. The molecule has 4 nitrogen and oxygen atoms in total. The van der Waals surface area contributed by atoms with Crippen LogP contribution in [0.2, 0.25) is 0 Å². The molecule has 20 heavy (non-hydrogen) atoms. The van der Waals surface area contributed by atoms with Crippen LogP contribution in [-0.4, -0.2) is 43.2 Å². The van der Waals surface area contributed by atoms with Gasteiger partial charge in [-0.15, -0.1) is 0 Å². The highest BCUT2D eigenvalue weighted by molar-refractivity contribution is 5.80. The number of nitrogens with zero attached hydrogens (tertiary/aromatic N) is 1. The predicted octanol–water partition coefficient (Wildman–Crippen LogP) is 1.59. The second-order valence-electron chi connectivity index (χ2n) is 5.58. The van der Waals surface area contributed by atoms with Crippen LogP contribution in [0.4, 0.5) is 0 Å². The Morgan fingerprint density at radius 2 is 2.10 bits per heavy atom. The molecule has 0 saturated carbocycles. The number of carbonyl (C=O) groups excluding carboxylic acids is 1. The molecule has 0 aromatic heterocycles. The topological polar surface area (TPSA) is 41.6 Å². The molecule has 1 aliphatic rings. The van der Waals surface area contributed by atoms with Crippen LogP contribution in [0.5, 0.6) is 0 Å². The summed E-state index contributed by atoms with van der Waals surface area (Å²) in [5, 5.41) is 3.26. The average molecular weight is 276 g/mol. The monoisotopic (exact) mass is 276 g/mol. The van der Waals surface area contributed by atoms with Crippen molar-refractivity contribution in [1.29, 1.82) is 0 Å². The van der Waals surface area contributed by atoms with Gasteiger partial charge in [0.1, 0.15) is 5.54 Å². The van der Waals surface area contributed by atoms with Gasteiger partial charge in [0.05, 0.1) is 7.11 Å². The first-order chi connectivity index (χ1) is 9.59. The highest BCUT2D eigenvalue weighted by atomic mass is 16.5. The van der Waals surface area contributed by atoms with Gasteiger partial charge in [-0.25, -0.2) is 0 Å². The van der Waals surface area contributed by atoms with Gasteiger partial charge in [0.25, 0.3) is 0 Å². The number of esters is 1. The zero-order valence-electron chi connectivity index (χ0n) is 12.6. The van der Waals surface area contributed by atoms with E-state index in [0.717, 1.165) is 26.1 Å². The van der Waals surface area contributed by atoms with Gasteiger partial charge < -0.3 is 10.1 Å². The van der Waals surface area contributed by atoms with Crippen LogP contribution in [0, 0.1) is 0 Å². The lowest BCUT2D eigenvalue weighted by Gasteiger charge is -2.36. The first-order valence-electron chi connectivity index (χ1n) is 7.21. The van der Waals surface area contributed by atoms with Gasteiger partial charge in [-0.3, -0.25) is 9.69 Å². The third-order valence-corrected chi connectivity index (χ3v) is 3.95. The Morgan fingerprint density at radius 3 is 2.75 bits per heavy atom. The first kappa shape index (κ1) is 15.0. The molecule has 4 heteroatoms. The van der Waals surface area contributed by atoms with Gasteiger partial charge in [-0.05, 0) is 31.0 Å². The number of fused-ring (bicyclic) bond motifs is 1. The van der Waals surface area contributed by atoms with Gasteiger partial charge in [0.2, 0.25) is 0 Å². The number of methoxy groups -OCH3 is 1. The van der Waals surface area contributed by atoms with E-state index in [1.807, 2.05) is 13.8 Å². The first-order valence-corrected chi connectivity index (χ1v) is 7.21. The van der Waals surface area contributed by atoms with E-state index in [0.29, 0.717) is 6.54 Å². The van der Waals surface area contributed by atoms with Crippen LogP contribution in [0.3, 0.4) is 0 Å². The average Bonchev–Trinajstić information content (AvgIpc) is 2.46. The van der Waals surface area contributed by atoms with Crippen LogP contribution in [0.1, 0.15) is 25.0 Å². The van der Waals surface area contributed by atoms with E-state index in [1.54, 1.807) is 0 Å². The lowest BCUT2D eigenvalue weighted by Crippen LogP contribution is -2.57. The Balaban J connectivity index is 2.08. The molecule has 110 valence electrons. The molecule has 1 atom stereocenters. The van der Waals surface area contributed by atoms with Crippen LogP contribution >= 0.6 is 0 Å². The second-order valence-corrected chi connectivity index (χ2v) is 5.58. The molecule has 1 N–H and O–H groups in total. The van der Waals surface area contributed by atoms with Crippen LogP contribution in [0.15, 0.2) is 24.3 Å². The zero-order valence-corrected chi connectivity index (χ0v) is 12.6. The van der Waals surface area contributed by atoms with E-state index in [1.165, 1.54) is 18.2 Å². The smallest absolute Gasteiger partial charge is 0.327 e. The van der Waals surface area contributed by atoms with Crippen LogP contribution < -0.4 is 5.32 Å². The van der Waals surface area contributed by atoms with Crippen molar-refractivity contribution in [3.05, 3.63) is 35.4 Å². The van der Waals surface area contributed by atoms with Gasteiger partial charge in [-0.2, -0.15) is 0 Å². The van der Waals surface area contributed by atoms with E-state index in [-0.39, 0.29) is 5.97 Å². The normalized spacial score (nSPS) is 18.1. The van der Waals surface area contributed by atoms with Crippen LogP contribution in [-0.2, 0) is 22.5 Å². The molecule has 0 aliphatic carbocycles. The fourth-order valence-electron chi connectivity index (χ4n) is 2.94. The highest BCUT2D eigenvalue weighted by Crippen LogP contribution is 2.20. The van der Waals surface area contributed by atoms with Crippen LogP contribution in [0.25, 0.3) is 0 Å². The van der Waals surface area contributed by atoms with Crippen molar-refractivity contribution in [1.82, 2.24) is 10.2 Å². The Kier molecular flexibility index (Phi) is 4.78. The molecule has 0 radical (unpaired) electrons. The van der Waals surface area contributed by atoms with Gasteiger partial charge in [0.15, 0.2) is 0 Å². The summed E-state index contributed by atoms with van der Waals surface area (Å²) in [5.41, 5.74) is 2.14. The third kappa shape index (κ3) is 3.19. The highest BCUT2D eigenvalue weighted by Gasteiger charge is 2.36. The number of nitrogens with one attached hydrogen (secondary N) is 1. The summed E-state index contributed by atoms with van der Waals surface area (Å²) in [6.07, 6.45) is 1.04. The van der Waals surface area contributed by atoms with Crippen molar-refractivity contribution in [2.75, 3.05) is 26.7 Å². The minimum absolute atomic E-state index is 0.196. The van der Waals surface area contributed by atoms with Crippen molar-refractivity contribution >= 4 is 5.97 Å². The Hall–Kier alpha value is -1.39. The molecule has 2 rings (SSSR count). The minimum atomic E-state index is -0.643. The van der Waals surface area contributed by atoms with Crippen molar-refractivity contribution in [2.24, 2.45) is 0 Å². The third-order valence-electron chi connectivity index (χ3n) is 3.95. The molecule has 0 saturated heterocycles. The quantitative estimate of drug-likeness (QED) is 0.829. The molecule has 1 unspecified atom stereocenters. The number of carbonyl (C=O) groups is 1. The maximum atomic E-state index is 12.0. The largest absolute Gasteiger partial charge is 0.468 e. The fourth-order valence-corrected chi connectivity index (χ4v) is 2.94. The number of ether oxygens (including phenoxy) is 1. The summed E-state index contributed by atoms with van der Waals surface area (Å²) in [7, 11) is 1.45. The summed E-state index contributed by atoms with van der Waals surface area (Å²) in [5.74, 6) is -0.196. The number of likely N-dealkylation sites (N-methyl/N-ethyl adjacent to an activating group) is 1. The standard InChI is InChI=1S/C16H24N2O2/c1-4-17-16(2,15(19)20-3)12-18-10-9-13-7-5-6-8-14(13)11-18/h5-8,17H,4,9-12H2,1-3H3. The minimum Gasteiger partial charge on any atom is -0.468 e. The molecule has 1 heterocycles. The molecule has 0 amide bonds. The molecular formula is C16H24N2O2. The lowest BCUT2D eigenvalue weighted by atomic mass is 9.96. The molecule has 1 aromatic carbocycles. The second kappa shape index (κ2) is 6.37. The molecule has 1 aliphatic heterocycles. The maximum absolute atomic E-state index is 12.0. The van der Waals surface area contributed by atoms with E-state index in [9.17, 15) is 4.79 Å². The summed E-state index contributed by atoms with van der Waals surface area (Å²) in [6, 6.07) is 8.53. The van der Waals surface area contributed by atoms with Crippen molar-refractivity contribution in [3.8, 4) is 0 Å². The maximum Gasteiger partial charge on any atom is 0.327 e. The van der Waals surface area contributed by atoms with Crippen molar-refractivity contribution < 1.29 is 9.53 Å². The summed E-state index contributed by atoms with van der Waals surface area (Å²) < 4.78 is 4.95. The number of hydrogen-bond donors (Lipinski definition) is 1.